The maximum Gasteiger partial charge on any atom is 0.351 e. The van der Waals surface area contributed by atoms with Gasteiger partial charge < -0.3 is 19.6 Å². The molecule has 1 aromatic heterocycles. The third-order valence-corrected chi connectivity index (χ3v) is 4.43. The molecule has 3 aromatic rings. The molecule has 0 atom stereocenters. The summed E-state index contributed by atoms with van der Waals surface area (Å²) in [5.74, 6) is -0.469. The highest BCUT2D eigenvalue weighted by Gasteiger charge is 2.17. The van der Waals surface area contributed by atoms with Crippen molar-refractivity contribution in [1.82, 2.24) is 4.98 Å². The Hall–Kier alpha value is -3.44. The van der Waals surface area contributed by atoms with Crippen molar-refractivity contribution < 1.29 is 19.1 Å². The minimum Gasteiger partial charge on any atom is -0.507 e. The fourth-order valence-electron chi connectivity index (χ4n) is 2.41. The molecule has 0 saturated heterocycles. The topological polar surface area (TPSA) is 108 Å². The average molecular weight is 381 g/mol. The molecule has 7 nitrogen and oxygen atoms in total. The predicted molar refractivity (Wildman–Crippen MR) is 103 cm³/mol. The van der Waals surface area contributed by atoms with Gasteiger partial charge in [0.05, 0.1) is 17.7 Å². The first-order valence-electron chi connectivity index (χ1n) is 7.80. The van der Waals surface area contributed by atoms with Crippen LogP contribution in [-0.2, 0) is 9.53 Å². The summed E-state index contributed by atoms with van der Waals surface area (Å²) in [6, 6.07) is 13.8. The first-order valence-corrected chi connectivity index (χ1v) is 9.02. The number of phenols is 1. The zero-order chi connectivity index (χ0) is 19.4. The molecule has 0 spiro atoms. The third kappa shape index (κ3) is 3.73. The van der Waals surface area contributed by atoms with E-state index in [1.807, 2.05) is 24.3 Å². The van der Waals surface area contributed by atoms with Crippen molar-refractivity contribution in [3.63, 3.8) is 0 Å². The lowest BCUT2D eigenvalue weighted by atomic mass is 10.1. The maximum absolute atomic E-state index is 11.8. The largest absolute Gasteiger partial charge is 0.507 e. The molecule has 0 aliphatic carbocycles. The first kappa shape index (κ1) is 18.4. The monoisotopic (exact) mass is 381 g/mol. The van der Waals surface area contributed by atoms with Crippen molar-refractivity contribution in [2.24, 2.45) is 0 Å². The van der Waals surface area contributed by atoms with Crippen molar-refractivity contribution >= 4 is 34.5 Å². The number of aromatic nitrogens is 1. The zero-order valence-electron chi connectivity index (χ0n) is 14.5. The van der Waals surface area contributed by atoms with E-state index in [1.54, 1.807) is 24.5 Å². The molecular weight excluding hydrogens is 366 g/mol. The number of phenolic OH excluding ortho intramolecular Hbond substituents is 1. The number of nitrogens with one attached hydrogen (secondary N) is 1. The summed E-state index contributed by atoms with van der Waals surface area (Å²) in [6.07, 6.45) is 1.73. The summed E-state index contributed by atoms with van der Waals surface area (Å²) in [4.78, 5) is 16.1. The Bertz CT molecular complexity index is 1050. The van der Waals surface area contributed by atoms with Gasteiger partial charge in [-0.3, -0.25) is 0 Å². The maximum atomic E-state index is 11.8. The van der Waals surface area contributed by atoms with Gasteiger partial charge in [-0.15, -0.1) is 11.8 Å². The van der Waals surface area contributed by atoms with Crippen molar-refractivity contribution in [2.75, 3.05) is 18.7 Å². The van der Waals surface area contributed by atoms with E-state index in [2.05, 4.69) is 15.0 Å². The number of rotatable bonds is 5. The van der Waals surface area contributed by atoms with E-state index >= 15 is 0 Å². The third-order valence-electron chi connectivity index (χ3n) is 3.71. The van der Waals surface area contributed by atoms with Crippen LogP contribution in [0.2, 0.25) is 0 Å². The smallest absolute Gasteiger partial charge is 0.351 e. The number of para-hydroxylation sites is 2. The summed E-state index contributed by atoms with van der Waals surface area (Å²) >= 11 is 1.19. The van der Waals surface area contributed by atoms with Gasteiger partial charge in [0.1, 0.15) is 17.3 Å². The molecule has 0 bridgehead atoms. The van der Waals surface area contributed by atoms with E-state index in [-0.39, 0.29) is 17.2 Å². The number of methoxy groups -OCH3 is 1. The summed E-state index contributed by atoms with van der Waals surface area (Å²) in [5.41, 5.74) is 2.07. The van der Waals surface area contributed by atoms with Crippen LogP contribution < -0.4 is 5.32 Å². The predicted octanol–water partition coefficient (Wildman–Crippen LogP) is 3.88. The Morgan fingerprint density at radius 3 is 2.78 bits per heavy atom. The molecule has 3 rings (SSSR count). The lowest BCUT2D eigenvalue weighted by Crippen LogP contribution is -2.09. The Balaban J connectivity index is 2.01. The van der Waals surface area contributed by atoms with Crippen LogP contribution >= 0.6 is 11.8 Å². The van der Waals surface area contributed by atoms with Gasteiger partial charge in [-0.25, -0.2) is 9.78 Å². The van der Waals surface area contributed by atoms with Gasteiger partial charge in [0.15, 0.2) is 11.2 Å². The average Bonchev–Trinajstić information content (AvgIpc) is 3.12. The van der Waals surface area contributed by atoms with E-state index in [0.29, 0.717) is 27.4 Å². The fourth-order valence-corrected chi connectivity index (χ4v) is 2.96. The number of nitrogens with zero attached hydrogens (tertiary/aromatic N) is 2. The van der Waals surface area contributed by atoms with Crippen molar-refractivity contribution in [2.45, 2.75) is 0 Å². The summed E-state index contributed by atoms with van der Waals surface area (Å²) in [7, 11) is 1.21. The Labute approximate surface area is 159 Å². The van der Waals surface area contributed by atoms with E-state index in [4.69, 9.17) is 4.42 Å². The Morgan fingerprint density at radius 2 is 2.11 bits per heavy atom. The lowest BCUT2D eigenvalue weighted by Gasteiger charge is -2.11. The van der Waals surface area contributed by atoms with Gasteiger partial charge in [0.2, 0.25) is 5.89 Å². The van der Waals surface area contributed by atoms with Gasteiger partial charge in [0.25, 0.3) is 0 Å². The molecule has 27 heavy (non-hydrogen) atoms. The van der Waals surface area contributed by atoms with Crippen molar-refractivity contribution in [3.05, 3.63) is 53.1 Å². The number of carbonyl (C=O) groups excluding carboxylic acids is 1. The van der Waals surface area contributed by atoms with Gasteiger partial charge in [-0.2, -0.15) is 5.26 Å². The van der Waals surface area contributed by atoms with Crippen LogP contribution in [0.5, 0.6) is 5.75 Å². The number of carbonyl (C=O) groups is 1. The molecule has 0 amide bonds. The van der Waals surface area contributed by atoms with Crippen LogP contribution in [0.4, 0.5) is 5.69 Å². The Morgan fingerprint density at radius 1 is 1.33 bits per heavy atom. The minimum atomic E-state index is -0.729. The van der Waals surface area contributed by atoms with Crippen LogP contribution in [0.25, 0.3) is 22.6 Å². The highest BCUT2D eigenvalue weighted by molar-refractivity contribution is 8.02. The summed E-state index contributed by atoms with van der Waals surface area (Å²) < 4.78 is 10.3. The minimum absolute atomic E-state index is 0.00439. The van der Waals surface area contributed by atoms with Crippen LogP contribution in [0.3, 0.4) is 0 Å². The number of hydrogen-bond donors (Lipinski definition) is 2. The zero-order valence-corrected chi connectivity index (χ0v) is 15.3. The number of fused-ring (bicyclic) bond motifs is 1. The molecule has 0 aliphatic rings. The number of anilines is 1. The van der Waals surface area contributed by atoms with Crippen molar-refractivity contribution in [3.8, 4) is 23.3 Å². The molecule has 1 heterocycles. The molecule has 2 aromatic carbocycles. The second-order valence-corrected chi connectivity index (χ2v) is 6.17. The molecule has 0 unspecified atom stereocenters. The van der Waals surface area contributed by atoms with Crippen LogP contribution in [0, 0.1) is 11.3 Å². The molecule has 0 aliphatic heterocycles. The highest BCUT2D eigenvalue weighted by atomic mass is 32.2. The second kappa shape index (κ2) is 7.85. The molecule has 2 N–H and O–H groups in total. The van der Waals surface area contributed by atoms with E-state index in [1.165, 1.54) is 24.9 Å². The first-order chi connectivity index (χ1) is 13.1. The quantitative estimate of drug-likeness (QED) is 0.297. The second-order valence-electron chi connectivity index (χ2n) is 5.36. The van der Waals surface area contributed by atoms with Gasteiger partial charge in [-0.05, 0) is 36.6 Å². The number of ether oxygens (including phenoxy) is 1. The molecular formula is C19H15N3O4S. The summed E-state index contributed by atoms with van der Waals surface area (Å²) in [6.45, 7) is 0. The number of hydrogen-bond acceptors (Lipinski definition) is 8. The molecule has 0 radical (unpaired) electrons. The molecule has 136 valence electrons. The summed E-state index contributed by atoms with van der Waals surface area (Å²) in [5, 5.41) is 22.8. The fraction of sp³-hybridized carbons (Fsp3) is 0.105. The van der Waals surface area contributed by atoms with Crippen molar-refractivity contribution in [1.29, 1.82) is 5.26 Å². The number of oxazole rings is 1. The van der Waals surface area contributed by atoms with Crippen LogP contribution in [0.15, 0.2) is 57.5 Å². The van der Waals surface area contributed by atoms with E-state index in [9.17, 15) is 15.2 Å². The van der Waals surface area contributed by atoms with Gasteiger partial charge in [0, 0.05) is 5.69 Å². The molecule has 0 fully saturated rings. The van der Waals surface area contributed by atoms with Gasteiger partial charge >= 0.3 is 5.97 Å². The Kier molecular flexibility index (Phi) is 5.33. The molecule has 8 heteroatoms. The number of nitriles is 1. The SMILES string of the molecule is COC(=O)/C(C#N)=C(/Nc1ccc(O)c(-c2nc3ccccc3o2)c1)SC. The normalized spacial score (nSPS) is 11.6. The standard InChI is InChI=1S/C19H15N3O4S/c1-25-19(24)13(10-20)18(27-2)21-11-7-8-15(23)12(9-11)17-22-14-5-3-4-6-16(14)26-17/h3-9,21,23H,1-2H3/b18-13-. The number of thioether (sulfide) groups is 1. The van der Waals surface area contributed by atoms with E-state index < -0.39 is 5.97 Å². The lowest BCUT2D eigenvalue weighted by molar-refractivity contribution is -0.135. The van der Waals surface area contributed by atoms with Crippen LogP contribution in [-0.4, -0.2) is 29.4 Å². The number of esters is 1. The van der Waals surface area contributed by atoms with Gasteiger partial charge in [-0.1, -0.05) is 12.1 Å². The number of benzene rings is 2. The number of aromatic hydroxyl groups is 1. The highest BCUT2D eigenvalue weighted by Crippen LogP contribution is 2.34. The molecule has 0 saturated carbocycles. The van der Waals surface area contributed by atoms with E-state index in [0.717, 1.165) is 0 Å². The van der Waals surface area contributed by atoms with Crippen LogP contribution in [0.1, 0.15) is 0 Å².